The lowest BCUT2D eigenvalue weighted by atomic mass is 10.1. The van der Waals surface area contributed by atoms with Gasteiger partial charge in [0.1, 0.15) is 13.2 Å². The maximum Gasteiger partial charge on any atom is 0.306 e. The number of hydrogen-bond acceptors (Lipinski definition) is 6. The van der Waals surface area contributed by atoms with Crippen molar-refractivity contribution in [1.82, 2.24) is 0 Å². The maximum absolute atomic E-state index is 12.9. The van der Waals surface area contributed by atoms with Crippen LogP contribution in [-0.4, -0.2) is 37.2 Å². The van der Waals surface area contributed by atoms with Crippen molar-refractivity contribution >= 4 is 17.9 Å². The Morgan fingerprint density at radius 3 is 0.805 bits per heavy atom. The highest BCUT2D eigenvalue weighted by molar-refractivity contribution is 5.71. The van der Waals surface area contributed by atoms with Crippen LogP contribution in [0.1, 0.15) is 303 Å². The molecular formula is C71H120O6. The van der Waals surface area contributed by atoms with E-state index in [1.165, 1.54) is 141 Å². The molecule has 0 rings (SSSR count). The van der Waals surface area contributed by atoms with E-state index in [1.54, 1.807) is 0 Å². The van der Waals surface area contributed by atoms with E-state index in [4.69, 9.17) is 14.2 Å². The summed E-state index contributed by atoms with van der Waals surface area (Å²) in [4.78, 5) is 38.2. The van der Waals surface area contributed by atoms with Crippen molar-refractivity contribution < 1.29 is 28.6 Å². The van der Waals surface area contributed by atoms with Crippen molar-refractivity contribution in [1.29, 1.82) is 0 Å². The number of carbonyl (C=O) groups excluding carboxylic acids is 3. The standard InChI is InChI=1S/C71H120O6/c1-4-7-10-13-16-19-21-23-25-27-29-30-31-32-33-34-35-36-37-38-39-40-42-43-45-47-49-52-55-58-61-64-70(73)76-67-68(66-75-69(72)63-60-57-54-51-18-15-12-9-6-3)77-71(74)65-62-59-56-53-50-48-46-44-41-28-26-24-22-20-17-14-11-8-5-2/h7,10,16,19,23-26,29-30,32-33,35-36,38-39,42-43,68H,4-6,8-9,11-15,17-18,20-22,27-28,31,34,37,40-41,44-67H2,1-3H3/b10-7-,19-16-,25-23-,26-24-,30-29-,33-32-,36-35-,39-38-,43-42-. The minimum atomic E-state index is -0.784. The van der Waals surface area contributed by atoms with Crippen LogP contribution in [-0.2, 0) is 28.6 Å². The van der Waals surface area contributed by atoms with E-state index in [9.17, 15) is 14.4 Å². The maximum atomic E-state index is 12.9. The predicted octanol–water partition coefficient (Wildman–Crippen LogP) is 22.2. The summed E-state index contributed by atoms with van der Waals surface area (Å²) in [5.74, 6) is -0.895. The molecule has 77 heavy (non-hydrogen) atoms. The summed E-state index contributed by atoms with van der Waals surface area (Å²) in [5, 5.41) is 0. The second kappa shape index (κ2) is 64.6. The fraction of sp³-hybridized carbons (Fsp3) is 0.704. The zero-order valence-electron chi connectivity index (χ0n) is 50.4. The molecule has 0 heterocycles. The molecule has 440 valence electrons. The average molecular weight is 1070 g/mol. The van der Waals surface area contributed by atoms with Gasteiger partial charge in [0.25, 0.3) is 0 Å². The Labute approximate surface area is 476 Å². The van der Waals surface area contributed by atoms with Crippen LogP contribution in [0.5, 0.6) is 0 Å². The summed E-state index contributed by atoms with van der Waals surface area (Å²) in [5.41, 5.74) is 0. The number of allylic oxidation sites excluding steroid dienone is 18. The van der Waals surface area contributed by atoms with E-state index < -0.39 is 6.10 Å². The van der Waals surface area contributed by atoms with E-state index in [-0.39, 0.29) is 31.1 Å². The molecule has 1 atom stereocenters. The van der Waals surface area contributed by atoms with Crippen molar-refractivity contribution in [2.24, 2.45) is 0 Å². The fourth-order valence-electron chi connectivity index (χ4n) is 8.92. The second-order valence-corrected chi connectivity index (χ2v) is 21.3. The van der Waals surface area contributed by atoms with Gasteiger partial charge in [-0.1, -0.05) is 284 Å². The first-order chi connectivity index (χ1) is 38.0. The number of rotatable bonds is 58. The molecule has 0 saturated heterocycles. The molecule has 0 saturated carbocycles. The Kier molecular flexibility index (Phi) is 61.3. The van der Waals surface area contributed by atoms with Crippen molar-refractivity contribution in [2.75, 3.05) is 13.2 Å². The third kappa shape index (κ3) is 62.8. The zero-order valence-corrected chi connectivity index (χ0v) is 50.4. The number of unbranched alkanes of at least 4 members (excludes halogenated alkanes) is 29. The van der Waals surface area contributed by atoms with Gasteiger partial charge >= 0.3 is 17.9 Å². The van der Waals surface area contributed by atoms with E-state index in [1.807, 2.05) is 0 Å². The largest absolute Gasteiger partial charge is 0.462 e. The van der Waals surface area contributed by atoms with E-state index >= 15 is 0 Å². The van der Waals surface area contributed by atoms with Crippen LogP contribution in [0, 0.1) is 0 Å². The molecule has 0 aliphatic heterocycles. The van der Waals surface area contributed by atoms with Gasteiger partial charge in [-0.3, -0.25) is 14.4 Å². The third-order valence-corrected chi connectivity index (χ3v) is 13.8. The van der Waals surface area contributed by atoms with Crippen LogP contribution in [0.15, 0.2) is 109 Å². The van der Waals surface area contributed by atoms with Gasteiger partial charge < -0.3 is 14.2 Å². The molecule has 0 aliphatic rings. The van der Waals surface area contributed by atoms with Gasteiger partial charge in [-0.25, -0.2) is 0 Å². The first kappa shape index (κ1) is 73.1. The summed E-state index contributed by atoms with van der Waals surface area (Å²) in [6.07, 6.45) is 88.2. The molecule has 0 fully saturated rings. The lowest BCUT2D eigenvalue weighted by Crippen LogP contribution is -2.30. The smallest absolute Gasteiger partial charge is 0.306 e. The van der Waals surface area contributed by atoms with Crippen LogP contribution in [0.4, 0.5) is 0 Å². The summed E-state index contributed by atoms with van der Waals surface area (Å²) in [7, 11) is 0. The Balaban J connectivity index is 4.25. The highest BCUT2D eigenvalue weighted by Crippen LogP contribution is 2.16. The molecule has 0 aromatic rings. The topological polar surface area (TPSA) is 78.9 Å². The van der Waals surface area contributed by atoms with Crippen molar-refractivity contribution in [2.45, 2.75) is 309 Å². The van der Waals surface area contributed by atoms with Crippen molar-refractivity contribution in [3.05, 3.63) is 109 Å². The Morgan fingerprint density at radius 2 is 0.506 bits per heavy atom. The zero-order chi connectivity index (χ0) is 55.7. The number of carbonyl (C=O) groups is 3. The Hall–Kier alpha value is -3.93. The van der Waals surface area contributed by atoms with Crippen LogP contribution < -0.4 is 0 Å². The fourth-order valence-corrected chi connectivity index (χ4v) is 8.92. The number of hydrogen-bond donors (Lipinski definition) is 0. The van der Waals surface area contributed by atoms with Gasteiger partial charge in [0, 0.05) is 19.3 Å². The lowest BCUT2D eigenvalue weighted by molar-refractivity contribution is -0.167. The van der Waals surface area contributed by atoms with Gasteiger partial charge in [0.15, 0.2) is 6.10 Å². The molecule has 0 radical (unpaired) electrons. The van der Waals surface area contributed by atoms with E-state index in [0.29, 0.717) is 19.3 Å². The summed E-state index contributed by atoms with van der Waals surface area (Å²) >= 11 is 0. The first-order valence-corrected chi connectivity index (χ1v) is 32.4. The minimum absolute atomic E-state index is 0.0816. The van der Waals surface area contributed by atoms with Crippen LogP contribution in [0.25, 0.3) is 0 Å². The molecule has 0 aromatic carbocycles. The average Bonchev–Trinajstić information content (AvgIpc) is 3.43. The van der Waals surface area contributed by atoms with Crippen LogP contribution in [0.2, 0.25) is 0 Å². The SMILES string of the molecule is CC/C=C\C/C=C\C/C=C\C/C=C\C/C=C\C/C=C\C/C=C\C/C=C\CCCCCCCCC(=O)OCC(COC(=O)CCCCCCCCCCC)OC(=O)CCCCCCCCCCC/C=C\CCCCCCCC. The lowest BCUT2D eigenvalue weighted by Gasteiger charge is -2.18. The summed E-state index contributed by atoms with van der Waals surface area (Å²) < 4.78 is 16.9. The molecule has 1 unspecified atom stereocenters. The van der Waals surface area contributed by atoms with Gasteiger partial charge in [-0.2, -0.15) is 0 Å². The highest BCUT2D eigenvalue weighted by atomic mass is 16.6. The van der Waals surface area contributed by atoms with Crippen LogP contribution in [0.3, 0.4) is 0 Å². The molecule has 0 spiro atoms. The number of ether oxygens (including phenoxy) is 3. The van der Waals surface area contributed by atoms with Crippen LogP contribution >= 0.6 is 0 Å². The Morgan fingerprint density at radius 1 is 0.273 bits per heavy atom. The molecule has 0 bridgehead atoms. The molecule has 0 N–H and O–H groups in total. The summed E-state index contributed by atoms with van der Waals surface area (Å²) in [6, 6.07) is 0. The number of esters is 3. The molecule has 6 heteroatoms. The molecule has 0 amide bonds. The molecular weight excluding hydrogens is 949 g/mol. The molecule has 0 aromatic heterocycles. The normalized spacial score (nSPS) is 12.8. The monoisotopic (exact) mass is 1070 g/mol. The van der Waals surface area contributed by atoms with Gasteiger partial charge in [0.2, 0.25) is 0 Å². The minimum Gasteiger partial charge on any atom is -0.462 e. The van der Waals surface area contributed by atoms with Crippen molar-refractivity contribution in [3.8, 4) is 0 Å². The van der Waals surface area contributed by atoms with Gasteiger partial charge in [-0.15, -0.1) is 0 Å². The predicted molar refractivity (Wildman–Crippen MR) is 334 cm³/mol. The van der Waals surface area contributed by atoms with Gasteiger partial charge in [-0.05, 0) is 109 Å². The third-order valence-electron chi connectivity index (χ3n) is 13.8. The van der Waals surface area contributed by atoms with E-state index in [0.717, 1.165) is 122 Å². The molecule has 0 aliphatic carbocycles. The van der Waals surface area contributed by atoms with Crippen molar-refractivity contribution in [3.63, 3.8) is 0 Å². The first-order valence-electron chi connectivity index (χ1n) is 32.4. The summed E-state index contributed by atoms with van der Waals surface area (Å²) in [6.45, 7) is 6.51. The molecule has 6 nitrogen and oxygen atoms in total. The highest BCUT2D eigenvalue weighted by Gasteiger charge is 2.19. The quantitative estimate of drug-likeness (QED) is 0.0261. The van der Waals surface area contributed by atoms with E-state index in [2.05, 4.69) is 130 Å². The second-order valence-electron chi connectivity index (χ2n) is 21.3. The Bertz CT molecular complexity index is 1560. The van der Waals surface area contributed by atoms with Gasteiger partial charge in [0.05, 0.1) is 0 Å².